The van der Waals surface area contributed by atoms with Crippen LogP contribution in [0.5, 0.6) is 0 Å². The summed E-state index contributed by atoms with van der Waals surface area (Å²) in [6.45, 7) is 9.43. The van der Waals surface area contributed by atoms with Crippen LogP contribution in [-0.4, -0.2) is 18.9 Å². The average Bonchev–Trinajstić information content (AvgIpc) is 2.65. The van der Waals surface area contributed by atoms with E-state index in [1.54, 1.807) is 0 Å². The Morgan fingerprint density at radius 3 is 2.85 bits per heavy atom. The van der Waals surface area contributed by atoms with Crippen molar-refractivity contribution in [3.63, 3.8) is 0 Å². The fourth-order valence-corrected chi connectivity index (χ4v) is 1.58. The highest BCUT2D eigenvalue weighted by Gasteiger charge is 2.16. The first-order chi connectivity index (χ1) is 6.38. The molecule has 0 amide bonds. The van der Waals surface area contributed by atoms with Gasteiger partial charge in [0.15, 0.2) is 0 Å². The number of hydrogen-bond acceptors (Lipinski definition) is 2. The molecule has 0 spiro atoms. The van der Waals surface area contributed by atoms with Crippen molar-refractivity contribution in [3.05, 3.63) is 25.3 Å². The van der Waals surface area contributed by atoms with E-state index in [0.717, 1.165) is 32.4 Å². The van der Waals surface area contributed by atoms with Gasteiger partial charge in [-0.1, -0.05) is 12.2 Å². The molecule has 1 aliphatic heterocycles. The van der Waals surface area contributed by atoms with E-state index in [9.17, 15) is 0 Å². The average molecular weight is 178 g/mol. The van der Waals surface area contributed by atoms with Crippen LogP contribution in [-0.2, 0) is 0 Å². The van der Waals surface area contributed by atoms with E-state index in [2.05, 4.69) is 23.5 Å². The normalized spacial score (nSPS) is 17.4. The molecule has 1 unspecified atom stereocenters. The minimum atomic E-state index is 0.526. The molecular weight excluding hydrogens is 160 g/mol. The number of hydrogen-bond donors (Lipinski definition) is 1. The zero-order chi connectivity index (χ0) is 9.52. The third-order valence-electron chi connectivity index (χ3n) is 2.26. The maximum absolute atomic E-state index is 4.43. The molecule has 0 aromatic heterocycles. The summed E-state index contributed by atoms with van der Waals surface area (Å²) in [5, 5.41) is 3.32. The lowest BCUT2D eigenvalue weighted by molar-refractivity contribution is 0.629. The van der Waals surface area contributed by atoms with E-state index >= 15 is 0 Å². The van der Waals surface area contributed by atoms with Crippen molar-refractivity contribution < 1.29 is 0 Å². The summed E-state index contributed by atoms with van der Waals surface area (Å²) in [5.41, 5.74) is 0. The quantitative estimate of drug-likeness (QED) is 0.619. The van der Waals surface area contributed by atoms with Crippen molar-refractivity contribution in [1.29, 1.82) is 0 Å². The molecule has 13 heavy (non-hydrogen) atoms. The monoisotopic (exact) mass is 178 g/mol. The molecule has 1 N–H and O–H groups in total. The Bertz CT molecular complexity index is 206. The highest BCUT2D eigenvalue weighted by atomic mass is 15.1. The van der Waals surface area contributed by atoms with Crippen LogP contribution in [0.3, 0.4) is 0 Å². The van der Waals surface area contributed by atoms with E-state index in [1.807, 2.05) is 12.2 Å². The van der Waals surface area contributed by atoms with Crippen LogP contribution >= 0.6 is 0 Å². The molecule has 2 heteroatoms. The molecule has 0 bridgehead atoms. The van der Waals surface area contributed by atoms with E-state index in [0.29, 0.717) is 5.92 Å². The molecular formula is C11H18N2. The van der Waals surface area contributed by atoms with Crippen molar-refractivity contribution in [1.82, 2.24) is 5.32 Å². The molecule has 1 aliphatic rings. The maximum Gasteiger partial charge on any atom is 0.0999 e. The predicted octanol–water partition coefficient (Wildman–Crippen LogP) is 2.15. The van der Waals surface area contributed by atoms with Crippen molar-refractivity contribution in [2.45, 2.75) is 19.3 Å². The lowest BCUT2D eigenvalue weighted by atomic mass is 9.98. The van der Waals surface area contributed by atoms with Crippen LogP contribution in [0, 0.1) is 5.92 Å². The van der Waals surface area contributed by atoms with Crippen molar-refractivity contribution in [3.8, 4) is 0 Å². The van der Waals surface area contributed by atoms with Gasteiger partial charge in [-0.15, -0.1) is 13.2 Å². The van der Waals surface area contributed by atoms with Gasteiger partial charge in [0.05, 0.1) is 12.4 Å². The molecule has 72 valence electrons. The third-order valence-corrected chi connectivity index (χ3v) is 2.26. The summed E-state index contributed by atoms with van der Waals surface area (Å²) < 4.78 is 0. The van der Waals surface area contributed by atoms with E-state index in [4.69, 9.17) is 0 Å². The summed E-state index contributed by atoms with van der Waals surface area (Å²) in [6, 6.07) is 0. The van der Waals surface area contributed by atoms with Gasteiger partial charge in [0.1, 0.15) is 0 Å². The molecule has 2 nitrogen and oxygen atoms in total. The van der Waals surface area contributed by atoms with Gasteiger partial charge in [-0.25, -0.2) is 0 Å². The first-order valence-electron chi connectivity index (χ1n) is 4.88. The Hall–Kier alpha value is -1.05. The summed E-state index contributed by atoms with van der Waals surface area (Å²) in [5.74, 6) is 1.69. The van der Waals surface area contributed by atoms with Crippen LogP contribution in [0.4, 0.5) is 0 Å². The number of allylic oxidation sites excluding steroid dienone is 2. The van der Waals surface area contributed by atoms with Gasteiger partial charge in [-0.3, -0.25) is 4.99 Å². The van der Waals surface area contributed by atoms with E-state index in [-0.39, 0.29) is 0 Å². The molecule has 0 fully saturated rings. The Morgan fingerprint density at radius 2 is 2.31 bits per heavy atom. The van der Waals surface area contributed by atoms with Crippen LogP contribution in [0.25, 0.3) is 0 Å². The highest BCUT2D eigenvalue weighted by Crippen LogP contribution is 2.14. The number of nitrogens with one attached hydrogen (secondary N) is 1. The van der Waals surface area contributed by atoms with Gasteiger partial charge in [0.2, 0.25) is 0 Å². The topological polar surface area (TPSA) is 24.4 Å². The Labute approximate surface area is 80.4 Å². The Balaban J connectivity index is 2.44. The van der Waals surface area contributed by atoms with Crippen molar-refractivity contribution in [2.24, 2.45) is 10.9 Å². The van der Waals surface area contributed by atoms with E-state index in [1.165, 1.54) is 5.84 Å². The smallest absolute Gasteiger partial charge is 0.0999 e. The fraction of sp³-hybridized carbons (Fsp3) is 0.545. The van der Waals surface area contributed by atoms with Gasteiger partial charge in [0.25, 0.3) is 0 Å². The number of aliphatic imine (C=N–C) groups is 1. The molecule has 1 heterocycles. The summed E-state index contributed by atoms with van der Waals surface area (Å²) in [4.78, 5) is 4.43. The van der Waals surface area contributed by atoms with Crippen LogP contribution in [0.2, 0.25) is 0 Å². The molecule has 1 atom stereocenters. The molecule has 0 saturated heterocycles. The van der Waals surface area contributed by atoms with E-state index < -0.39 is 0 Å². The predicted molar refractivity (Wildman–Crippen MR) is 58.0 cm³/mol. The van der Waals surface area contributed by atoms with Gasteiger partial charge >= 0.3 is 0 Å². The molecule has 0 aromatic rings. The number of amidine groups is 1. The van der Waals surface area contributed by atoms with Gasteiger partial charge < -0.3 is 5.32 Å². The van der Waals surface area contributed by atoms with Crippen LogP contribution < -0.4 is 5.32 Å². The number of nitrogens with zero attached hydrogens (tertiary/aromatic N) is 1. The standard InChI is InChI=1S/C11H18N2/c1-3-5-7-10(6-4-2)11-12-8-9-13-11/h3-4,10H,1-2,5-9H2,(H,12,13). The summed E-state index contributed by atoms with van der Waals surface area (Å²) in [7, 11) is 0. The van der Waals surface area contributed by atoms with Gasteiger partial charge in [0, 0.05) is 12.5 Å². The molecule has 0 aliphatic carbocycles. The van der Waals surface area contributed by atoms with Crippen molar-refractivity contribution >= 4 is 5.84 Å². The van der Waals surface area contributed by atoms with Crippen LogP contribution in [0.15, 0.2) is 30.3 Å². The second-order valence-electron chi connectivity index (χ2n) is 3.28. The second-order valence-corrected chi connectivity index (χ2v) is 3.28. The lowest BCUT2D eigenvalue weighted by Crippen LogP contribution is -2.26. The third kappa shape index (κ3) is 3.05. The Kier molecular flexibility index (Phi) is 4.30. The zero-order valence-corrected chi connectivity index (χ0v) is 8.13. The molecule has 1 rings (SSSR count). The summed E-state index contributed by atoms with van der Waals surface area (Å²) >= 11 is 0. The number of rotatable bonds is 6. The van der Waals surface area contributed by atoms with Crippen molar-refractivity contribution in [2.75, 3.05) is 13.1 Å². The summed E-state index contributed by atoms with van der Waals surface area (Å²) in [6.07, 6.45) is 7.13. The lowest BCUT2D eigenvalue weighted by Gasteiger charge is -2.14. The van der Waals surface area contributed by atoms with Gasteiger partial charge in [-0.05, 0) is 19.3 Å². The molecule has 0 radical (unpaired) electrons. The first kappa shape index (κ1) is 10.0. The molecule has 0 saturated carbocycles. The zero-order valence-electron chi connectivity index (χ0n) is 8.13. The molecule has 0 aromatic carbocycles. The first-order valence-corrected chi connectivity index (χ1v) is 4.88. The SMILES string of the molecule is C=CCCC(CC=C)C1=NCCN1. The maximum atomic E-state index is 4.43. The van der Waals surface area contributed by atoms with Crippen LogP contribution in [0.1, 0.15) is 19.3 Å². The largest absolute Gasteiger partial charge is 0.372 e. The van der Waals surface area contributed by atoms with Gasteiger partial charge in [-0.2, -0.15) is 0 Å². The minimum absolute atomic E-state index is 0.526. The minimum Gasteiger partial charge on any atom is -0.372 e. The fourth-order valence-electron chi connectivity index (χ4n) is 1.58. The second kappa shape index (κ2) is 5.57. The Morgan fingerprint density at radius 1 is 1.46 bits per heavy atom. The highest BCUT2D eigenvalue weighted by molar-refractivity contribution is 5.86.